The van der Waals surface area contributed by atoms with Gasteiger partial charge in [-0.05, 0) is 36.8 Å². The summed E-state index contributed by atoms with van der Waals surface area (Å²) in [6, 6.07) is 8.23. The van der Waals surface area contributed by atoms with Gasteiger partial charge >= 0.3 is 0 Å². The normalized spacial score (nSPS) is 16.6. The van der Waals surface area contributed by atoms with Crippen LogP contribution in [0.1, 0.15) is 0 Å². The number of fused-ring (bicyclic) bond motifs is 8. The third-order valence-corrected chi connectivity index (χ3v) is 13.5. The van der Waals surface area contributed by atoms with Crippen molar-refractivity contribution in [3.05, 3.63) is 53.7 Å². The van der Waals surface area contributed by atoms with Gasteiger partial charge in [-0.25, -0.2) is 9.97 Å². The average Bonchev–Trinajstić information content (AvgIpc) is 3.59. The first-order valence-corrected chi connectivity index (χ1v) is 15.2. The molecule has 0 spiro atoms. The first kappa shape index (κ1) is 20.1. The lowest BCUT2D eigenvalue weighted by Crippen LogP contribution is -1.90. The monoisotopic (exact) mass is 528 g/mol. The topological polar surface area (TPSA) is 52.1 Å². The number of hydrogen-bond acceptors (Lipinski definition) is 10. The lowest BCUT2D eigenvalue weighted by Gasteiger charge is -2.05. The Morgan fingerprint density at radius 1 is 0.688 bits per heavy atom. The van der Waals surface area contributed by atoms with Gasteiger partial charge in [0.1, 0.15) is 11.0 Å². The molecule has 5 heterocycles. The summed E-state index contributed by atoms with van der Waals surface area (Å²) >= 11 is 11.1. The number of hydrogen-bond donors (Lipinski definition) is 0. The number of furan rings is 2. The van der Waals surface area contributed by atoms with Gasteiger partial charge in [0, 0.05) is 9.79 Å². The van der Waals surface area contributed by atoms with Crippen molar-refractivity contribution in [2.75, 3.05) is 12.5 Å². The molecule has 10 heteroatoms. The van der Waals surface area contributed by atoms with Gasteiger partial charge in [0.25, 0.3) is 0 Å². The largest absolute Gasteiger partial charge is 0.460 e. The molecule has 0 bridgehead atoms. The molecular weight excluding hydrogens is 517 g/mol. The van der Waals surface area contributed by atoms with E-state index in [0.717, 1.165) is 44.0 Å². The zero-order valence-electron chi connectivity index (χ0n) is 16.6. The Morgan fingerprint density at radius 3 is 1.62 bits per heavy atom. The van der Waals surface area contributed by atoms with E-state index in [9.17, 15) is 0 Å². The number of benzene rings is 2. The molecule has 0 N–H and O–H groups in total. The molecule has 0 saturated heterocycles. The summed E-state index contributed by atoms with van der Waals surface area (Å²) in [5.41, 5.74) is 4.96. The van der Waals surface area contributed by atoms with Crippen LogP contribution >= 0.6 is 70.6 Å². The molecule has 0 saturated carbocycles. The van der Waals surface area contributed by atoms with E-state index < -0.39 is 0 Å². The maximum Gasteiger partial charge on any atom is 0.179 e. The SMILES string of the molecule is CSC1=C(SC)SC(=C2Sc3cc4nc5c6ccoc6c6occc6c5nc4cc3S2)S1. The zero-order valence-corrected chi connectivity index (χ0v) is 21.5. The predicted molar refractivity (Wildman–Crippen MR) is 145 cm³/mol. The Balaban J connectivity index is 1.39. The zero-order chi connectivity index (χ0) is 21.4. The van der Waals surface area contributed by atoms with Gasteiger partial charge in [0.15, 0.2) is 11.2 Å². The molecule has 158 valence electrons. The molecule has 32 heavy (non-hydrogen) atoms. The van der Waals surface area contributed by atoms with Gasteiger partial charge in [0.2, 0.25) is 0 Å². The third-order valence-electron chi connectivity index (χ3n) is 5.26. The Hall–Kier alpha value is -1.30. The fourth-order valence-corrected chi connectivity index (χ4v) is 11.7. The van der Waals surface area contributed by atoms with E-state index in [1.165, 1.54) is 26.7 Å². The third kappa shape index (κ3) is 2.93. The molecule has 0 radical (unpaired) electrons. The van der Waals surface area contributed by atoms with Crippen LogP contribution in [0, 0.1) is 0 Å². The maximum absolute atomic E-state index is 5.70. The Bertz CT molecular complexity index is 1550. The van der Waals surface area contributed by atoms with Crippen LogP contribution in [0.3, 0.4) is 0 Å². The van der Waals surface area contributed by atoms with Crippen molar-refractivity contribution in [3.8, 4) is 0 Å². The molecule has 4 nitrogen and oxygen atoms in total. The number of thioether (sulfide) groups is 6. The van der Waals surface area contributed by atoms with Gasteiger partial charge < -0.3 is 8.83 Å². The van der Waals surface area contributed by atoms with Crippen LogP contribution in [-0.4, -0.2) is 22.5 Å². The second-order valence-corrected chi connectivity index (χ2v) is 13.8. The minimum Gasteiger partial charge on any atom is -0.460 e. The highest BCUT2D eigenvalue weighted by molar-refractivity contribution is 8.41. The second kappa shape index (κ2) is 7.61. The van der Waals surface area contributed by atoms with Crippen molar-refractivity contribution in [2.24, 2.45) is 0 Å². The minimum atomic E-state index is 0.723. The molecule has 3 aromatic heterocycles. The van der Waals surface area contributed by atoms with Crippen molar-refractivity contribution in [1.82, 2.24) is 9.97 Å². The van der Waals surface area contributed by atoms with Gasteiger partial charge in [-0.15, -0.1) is 23.5 Å². The Kier molecular flexibility index (Phi) is 4.78. The molecule has 5 aromatic rings. The first-order valence-electron chi connectivity index (χ1n) is 9.53. The quantitative estimate of drug-likeness (QED) is 0.207. The summed E-state index contributed by atoms with van der Waals surface area (Å²) in [4.78, 5) is 12.6. The van der Waals surface area contributed by atoms with Crippen molar-refractivity contribution in [1.29, 1.82) is 0 Å². The van der Waals surface area contributed by atoms with Crippen molar-refractivity contribution >= 4 is 115 Å². The van der Waals surface area contributed by atoms with E-state index in [-0.39, 0.29) is 0 Å². The molecule has 0 atom stereocenters. The molecule has 2 aliphatic heterocycles. The summed E-state index contributed by atoms with van der Waals surface area (Å²) in [6.07, 6.45) is 7.67. The second-order valence-electron chi connectivity index (χ2n) is 7.00. The summed E-state index contributed by atoms with van der Waals surface area (Å²) < 4.78 is 16.9. The van der Waals surface area contributed by atoms with Crippen molar-refractivity contribution in [2.45, 2.75) is 9.79 Å². The lowest BCUT2D eigenvalue weighted by molar-refractivity contribution is 0.583. The first-order chi connectivity index (χ1) is 15.7. The van der Waals surface area contributed by atoms with Crippen LogP contribution in [-0.2, 0) is 0 Å². The fourth-order valence-electron chi connectivity index (χ4n) is 3.85. The number of aromatic nitrogens is 2. The number of rotatable bonds is 2. The predicted octanol–water partition coefficient (Wildman–Crippen LogP) is 8.93. The highest BCUT2D eigenvalue weighted by Gasteiger charge is 2.29. The number of nitrogens with zero attached hydrogens (tertiary/aromatic N) is 2. The Morgan fingerprint density at radius 2 is 1.16 bits per heavy atom. The minimum absolute atomic E-state index is 0.723. The molecule has 0 unspecified atom stereocenters. The van der Waals surface area contributed by atoms with Crippen LogP contribution in [0.4, 0.5) is 0 Å². The molecular formula is C22H12N2O2S6. The van der Waals surface area contributed by atoms with Crippen LogP contribution < -0.4 is 0 Å². The molecule has 0 fully saturated rings. The molecule has 0 aliphatic carbocycles. The maximum atomic E-state index is 5.70. The van der Waals surface area contributed by atoms with Crippen LogP contribution in [0.25, 0.3) is 44.0 Å². The lowest BCUT2D eigenvalue weighted by atomic mass is 10.1. The molecule has 0 amide bonds. The summed E-state index contributed by atoms with van der Waals surface area (Å²) in [5, 5.41) is 1.86. The Labute approximate surface area is 208 Å². The van der Waals surface area contributed by atoms with E-state index in [4.69, 9.17) is 18.8 Å². The van der Waals surface area contributed by atoms with Crippen molar-refractivity contribution in [3.63, 3.8) is 0 Å². The van der Waals surface area contributed by atoms with E-state index in [1.54, 1.807) is 12.5 Å². The van der Waals surface area contributed by atoms with Crippen LogP contribution in [0.5, 0.6) is 0 Å². The van der Waals surface area contributed by atoms with Gasteiger partial charge in [0.05, 0.1) is 51.3 Å². The van der Waals surface area contributed by atoms with Gasteiger partial charge in [-0.1, -0.05) is 47.0 Å². The molecule has 2 aromatic carbocycles. The highest BCUT2D eigenvalue weighted by atomic mass is 32.3. The van der Waals surface area contributed by atoms with E-state index >= 15 is 0 Å². The highest BCUT2D eigenvalue weighted by Crippen LogP contribution is 2.63. The van der Waals surface area contributed by atoms with E-state index in [0.29, 0.717) is 0 Å². The summed E-state index contributed by atoms with van der Waals surface area (Å²) in [5.74, 6) is 0. The van der Waals surface area contributed by atoms with Gasteiger partial charge in [-0.2, -0.15) is 0 Å². The smallest absolute Gasteiger partial charge is 0.179 e. The van der Waals surface area contributed by atoms with Crippen molar-refractivity contribution < 1.29 is 8.83 Å². The van der Waals surface area contributed by atoms with E-state index in [2.05, 4.69) is 24.6 Å². The molecule has 7 rings (SSSR count). The van der Waals surface area contributed by atoms with Crippen LogP contribution in [0.15, 0.2) is 72.4 Å². The summed E-state index contributed by atoms with van der Waals surface area (Å²) in [7, 11) is 0. The standard InChI is InChI=1S/C22H12N2O2S6/c1-27-19-20(28-2)32-22(31-19)21-29-13-7-11-12(8-14(13)30-21)24-16-10-4-6-26-18(10)17-9(3-5-25-17)15(16)23-11/h3-8H,1-2H3. The van der Waals surface area contributed by atoms with Crippen LogP contribution in [0.2, 0.25) is 0 Å². The fraction of sp³-hybridized carbons (Fsp3) is 0.0909. The van der Waals surface area contributed by atoms with Gasteiger partial charge in [-0.3, -0.25) is 0 Å². The van der Waals surface area contributed by atoms with E-state index in [1.807, 2.05) is 82.7 Å². The average molecular weight is 529 g/mol. The molecule has 2 aliphatic rings. The summed E-state index contributed by atoms with van der Waals surface area (Å²) in [6.45, 7) is 0.